The van der Waals surface area contributed by atoms with Gasteiger partial charge in [0, 0.05) is 5.33 Å². The van der Waals surface area contributed by atoms with E-state index in [9.17, 15) is 8.42 Å². The van der Waals surface area contributed by atoms with Gasteiger partial charge in [0.1, 0.15) is 0 Å². The van der Waals surface area contributed by atoms with Crippen LogP contribution in [0.2, 0.25) is 0 Å². The molecule has 1 unspecified atom stereocenters. The fraction of sp³-hybridized carbons (Fsp3) is 0.250. The van der Waals surface area contributed by atoms with Crippen LogP contribution >= 0.6 is 15.9 Å². The third kappa shape index (κ3) is 3.05. The lowest BCUT2D eigenvalue weighted by Crippen LogP contribution is -2.44. The summed E-state index contributed by atoms with van der Waals surface area (Å²) in [5.74, 6) is 0. The summed E-state index contributed by atoms with van der Waals surface area (Å²) in [6, 6.07) is 10.8. The van der Waals surface area contributed by atoms with Crippen LogP contribution in [-0.4, -0.2) is 23.9 Å². The Labute approximate surface area is 120 Å². The highest BCUT2D eigenvalue weighted by atomic mass is 79.9. The van der Waals surface area contributed by atoms with Crippen molar-refractivity contribution >= 4 is 26.0 Å². The second-order valence-electron chi connectivity index (χ2n) is 4.36. The van der Waals surface area contributed by atoms with Crippen LogP contribution in [0, 0.1) is 0 Å². The highest BCUT2D eigenvalue weighted by Gasteiger charge is 2.32. The summed E-state index contributed by atoms with van der Waals surface area (Å²) in [6.07, 6.45) is 1.41. The predicted molar refractivity (Wildman–Crippen MR) is 76.5 cm³/mol. The minimum absolute atomic E-state index is 0.0515. The van der Waals surface area contributed by atoms with E-state index in [1.807, 2.05) is 37.3 Å². The van der Waals surface area contributed by atoms with Gasteiger partial charge in [0.15, 0.2) is 5.03 Å². The summed E-state index contributed by atoms with van der Waals surface area (Å²) >= 11 is 3.37. The molecule has 1 aromatic carbocycles. The number of rotatable bonds is 5. The van der Waals surface area contributed by atoms with Crippen LogP contribution < -0.4 is 4.72 Å². The molecule has 2 rings (SSSR count). The van der Waals surface area contributed by atoms with Crippen molar-refractivity contribution in [2.24, 2.45) is 0 Å². The molecule has 0 aliphatic heterocycles. The molecule has 0 aliphatic rings. The largest absolute Gasteiger partial charge is 0.266 e. The quantitative estimate of drug-likeness (QED) is 0.815. The number of aromatic nitrogens is 2. The van der Waals surface area contributed by atoms with Gasteiger partial charge in [-0.15, -0.1) is 0 Å². The van der Waals surface area contributed by atoms with Crippen molar-refractivity contribution in [3.05, 3.63) is 48.2 Å². The van der Waals surface area contributed by atoms with Crippen molar-refractivity contribution in [3.63, 3.8) is 0 Å². The van der Waals surface area contributed by atoms with Crippen LogP contribution in [0.1, 0.15) is 12.5 Å². The monoisotopic (exact) mass is 343 g/mol. The molecule has 1 atom stereocenters. The Kier molecular flexibility index (Phi) is 4.07. The number of alkyl halides is 1. The van der Waals surface area contributed by atoms with E-state index in [0.29, 0.717) is 5.33 Å². The molecule has 0 fully saturated rings. The van der Waals surface area contributed by atoms with Gasteiger partial charge in [0.2, 0.25) is 0 Å². The first kappa shape index (κ1) is 14.2. The molecule has 1 heterocycles. The van der Waals surface area contributed by atoms with Gasteiger partial charge in [-0.25, -0.2) is 8.42 Å². The minimum atomic E-state index is -3.63. The predicted octanol–water partition coefficient (Wildman–Crippen LogP) is 2.00. The summed E-state index contributed by atoms with van der Waals surface area (Å²) in [4.78, 5) is 0. The van der Waals surface area contributed by atoms with Crippen LogP contribution in [0.4, 0.5) is 0 Å². The number of hydrogen-bond acceptors (Lipinski definition) is 3. The maximum absolute atomic E-state index is 12.2. The molecule has 0 saturated heterocycles. The summed E-state index contributed by atoms with van der Waals surface area (Å²) in [5, 5.41) is 6.63. The highest BCUT2D eigenvalue weighted by molar-refractivity contribution is 9.09. The van der Waals surface area contributed by atoms with Crippen molar-refractivity contribution in [3.8, 4) is 0 Å². The Balaban J connectivity index is 2.35. The number of hydrogen-bond donors (Lipinski definition) is 2. The lowest BCUT2D eigenvalue weighted by Gasteiger charge is -2.28. The van der Waals surface area contributed by atoms with E-state index in [-0.39, 0.29) is 5.03 Å². The highest BCUT2D eigenvalue weighted by Crippen LogP contribution is 2.25. The van der Waals surface area contributed by atoms with E-state index in [1.165, 1.54) is 12.3 Å². The second-order valence-corrected chi connectivity index (χ2v) is 6.57. The van der Waals surface area contributed by atoms with E-state index in [1.54, 1.807) is 0 Å². The summed E-state index contributed by atoms with van der Waals surface area (Å²) in [5.41, 5.74) is 0.153. The molecule has 0 saturated carbocycles. The third-order valence-electron chi connectivity index (χ3n) is 2.80. The number of halogens is 1. The number of sulfonamides is 1. The van der Waals surface area contributed by atoms with Crippen molar-refractivity contribution < 1.29 is 8.42 Å². The van der Waals surface area contributed by atoms with E-state index in [0.717, 1.165) is 5.56 Å². The lowest BCUT2D eigenvalue weighted by atomic mass is 9.96. The van der Waals surface area contributed by atoms with E-state index in [2.05, 4.69) is 30.8 Å². The molecule has 0 aliphatic carbocycles. The minimum Gasteiger partial charge on any atom is -0.266 e. The molecule has 0 radical (unpaired) electrons. The first-order valence-electron chi connectivity index (χ1n) is 5.63. The van der Waals surface area contributed by atoms with Crippen molar-refractivity contribution in [1.82, 2.24) is 14.9 Å². The molecule has 102 valence electrons. The Morgan fingerprint density at radius 2 is 2.00 bits per heavy atom. The molecule has 19 heavy (non-hydrogen) atoms. The van der Waals surface area contributed by atoms with Gasteiger partial charge in [-0.05, 0) is 18.6 Å². The zero-order chi connectivity index (χ0) is 13.9. The van der Waals surface area contributed by atoms with Gasteiger partial charge in [0.25, 0.3) is 10.0 Å². The summed E-state index contributed by atoms with van der Waals surface area (Å²) in [7, 11) is -3.63. The Morgan fingerprint density at radius 1 is 1.32 bits per heavy atom. The van der Waals surface area contributed by atoms with E-state index in [4.69, 9.17) is 0 Å². The fourth-order valence-corrected chi connectivity index (χ4v) is 3.67. The van der Waals surface area contributed by atoms with Crippen molar-refractivity contribution in [1.29, 1.82) is 0 Å². The Bertz CT molecular complexity index is 628. The smallest absolute Gasteiger partial charge is 0.258 e. The maximum atomic E-state index is 12.2. The maximum Gasteiger partial charge on any atom is 0.258 e. The average molecular weight is 344 g/mol. The van der Waals surface area contributed by atoms with Gasteiger partial charge in [-0.2, -0.15) is 9.82 Å². The third-order valence-corrected chi connectivity index (χ3v) is 5.45. The zero-order valence-electron chi connectivity index (χ0n) is 10.3. The van der Waals surface area contributed by atoms with Gasteiger partial charge >= 0.3 is 0 Å². The molecule has 5 nitrogen and oxygen atoms in total. The normalized spacial score (nSPS) is 15.1. The van der Waals surface area contributed by atoms with Gasteiger partial charge in [-0.1, -0.05) is 46.3 Å². The molecule has 2 aromatic rings. The van der Waals surface area contributed by atoms with Crippen LogP contribution in [0.15, 0.2) is 47.6 Å². The molecule has 7 heteroatoms. The second kappa shape index (κ2) is 5.44. The summed E-state index contributed by atoms with van der Waals surface area (Å²) in [6.45, 7) is 1.82. The van der Waals surface area contributed by atoms with Gasteiger partial charge < -0.3 is 0 Å². The standard InChI is InChI=1S/C12H14BrN3O2S/c1-12(9-13,10-5-3-2-4-6-10)16-19(17,18)11-7-8-14-15-11/h2-8,16H,9H2,1H3,(H,14,15). The zero-order valence-corrected chi connectivity index (χ0v) is 12.7. The first-order valence-corrected chi connectivity index (χ1v) is 8.23. The molecule has 1 aromatic heterocycles. The van der Waals surface area contributed by atoms with Crippen molar-refractivity contribution in [2.75, 3.05) is 5.33 Å². The molecule has 0 bridgehead atoms. The molecular weight excluding hydrogens is 330 g/mol. The Morgan fingerprint density at radius 3 is 2.53 bits per heavy atom. The van der Waals surface area contributed by atoms with Gasteiger partial charge in [0.05, 0.1) is 11.7 Å². The van der Waals surface area contributed by atoms with Crippen LogP contribution in [0.25, 0.3) is 0 Å². The average Bonchev–Trinajstić information content (AvgIpc) is 2.94. The number of nitrogens with one attached hydrogen (secondary N) is 2. The van der Waals surface area contributed by atoms with E-state index < -0.39 is 15.6 Å². The molecule has 2 N–H and O–H groups in total. The topological polar surface area (TPSA) is 74.8 Å². The van der Waals surface area contributed by atoms with Crippen LogP contribution in [-0.2, 0) is 15.6 Å². The van der Waals surface area contributed by atoms with Gasteiger partial charge in [-0.3, -0.25) is 5.10 Å². The fourth-order valence-electron chi connectivity index (χ4n) is 1.71. The molecular formula is C12H14BrN3O2S. The number of nitrogens with zero attached hydrogens (tertiary/aromatic N) is 1. The number of H-pyrrole nitrogens is 1. The molecule has 0 amide bonds. The SMILES string of the molecule is CC(CBr)(NS(=O)(=O)c1ccn[nH]1)c1ccccc1. The Hall–Kier alpha value is -1.18. The number of benzene rings is 1. The van der Waals surface area contributed by atoms with Crippen LogP contribution in [0.5, 0.6) is 0 Å². The van der Waals surface area contributed by atoms with Crippen molar-refractivity contribution in [2.45, 2.75) is 17.5 Å². The number of aromatic amines is 1. The first-order chi connectivity index (χ1) is 8.98. The van der Waals surface area contributed by atoms with E-state index >= 15 is 0 Å². The summed E-state index contributed by atoms with van der Waals surface area (Å²) < 4.78 is 27.2. The molecule has 0 spiro atoms. The lowest BCUT2D eigenvalue weighted by molar-refractivity contribution is 0.480. The van der Waals surface area contributed by atoms with Crippen LogP contribution in [0.3, 0.4) is 0 Å².